The van der Waals surface area contributed by atoms with E-state index >= 15 is 0 Å². The van der Waals surface area contributed by atoms with Gasteiger partial charge in [0.2, 0.25) is 0 Å². The maximum Gasteiger partial charge on any atom is 0.418 e. The molecule has 33 heavy (non-hydrogen) atoms. The number of carboxylic acid groups (broad SMARTS) is 1. The fraction of sp³-hybridized carbons (Fsp3) is 0.160. The van der Waals surface area contributed by atoms with E-state index in [-0.39, 0.29) is 22.2 Å². The largest absolute Gasteiger partial charge is 0.493 e. The van der Waals surface area contributed by atoms with Gasteiger partial charge in [0.25, 0.3) is 0 Å². The van der Waals surface area contributed by atoms with Crippen LogP contribution >= 0.6 is 0 Å². The molecular formula is C25H20F3NO4. The molecule has 0 fully saturated rings. The first-order valence-electron chi connectivity index (χ1n) is 10.1. The van der Waals surface area contributed by atoms with Crippen LogP contribution in [-0.2, 0) is 24.0 Å². The predicted molar refractivity (Wildman–Crippen MR) is 117 cm³/mol. The van der Waals surface area contributed by atoms with Crippen LogP contribution in [0.25, 0.3) is 22.2 Å². The van der Waals surface area contributed by atoms with E-state index in [1.165, 1.54) is 19.2 Å². The van der Waals surface area contributed by atoms with Gasteiger partial charge in [-0.05, 0) is 35.4 Å². The molecule has 4 aromatic rings. The summed E-state index contributed by atoms with van der Waals surface area (Å²) in [6, 6.07) is 18.2. The lowest BCUT2D eigenvalue weighted by Crippen LogP contribution is -2.05. The number of aromatic amines is 1. The van der Waals surface area contributed by atoms with Crippen LogP contribution in [0.15, 0.2) is 66.7 Å². The lowest BCUT2D eigenvalue weighted by molar-refractivity contribution is -0.137. The Kier molecular flexibility index (Phi) is 6.00. The van der Waals surface area contributed by atoms with Crippen LogP contribution in [0.4, 0.5) is 13.2 Å². The molecular weight excluding hydrogens is 435 g/mol. The van der Waals surface area contributed by atoms with E-state index in [1.807, 2.05) is 30.3 Å². The van der Waals surface area contributed by atoms with Crippen molar-refractivity contribution >= 4 is 16.9 Å². The highest BCUT2D eigenvalue weighted by Crippen LogP contribution is 2.40. The van der Waals surface area contributed by atoms with Gasteiger partial charge in [-0.15, -0.1) is 0 Å². The summed E-state index contributed by atoms with van der Waals surface area (Å²) in [4.78, 5) is 14.3. The third-order valence-corrected chi connectivity index (χ3v) is 5.26. The highest BCUT2D eigenvalue weighted by molar-refractivity contribution is 5.96. The zero-order valence-electron chi connectivity index (χ0n) is 17.6. The van der Waals surface area contributed by atoms with Gasteiger partial charge in [0.05, 0.1) is 30.3 Å². The molecule has 0 radical (unpaired) electrons. The topological polar surface area (TPSA) is 71.6 Å². The number of hydrogen-bond acceptors (Lipinski definition) is 3. The van der Waals surface area contributed by atoms with Crippen LogP contribution in [-0.4, -0.2) is 23.2 Å². The van der Waals surface area contributed by atoms with Crippen molar-refractivity contribution in [2.75, 3.05) is 7.11 Å². The SMILES string of the molecule is COc1cc(-c2[nH]c3c(C(F)(F)F)cccc3c2CC(=O)O)ccc1OCc1ccccc1. The number of fused-ring (bicyclic) bond motifs is 1. The van der Waals surface area contributed by atoms with Crippen LogP contribution in [0.2, 0.25) is 0 Å². The number of alkyl halides is 3. The van der Waals surface area contributed by atoms with Gasteiger partial charge in [-0.1, -0.05) is 42.5 Å². The second-order valence-electron chi connectivity index (χ2n) is 7.41. The molecule has 0 amide bonds. The lowest BCUT2D eigenvalue weighted by atomic mass is 10.0. The maximum absolute atomic E-state index is 13.5. The van der Waals surface area contributed by atoms with Gasteiger partial charge in [-0.2, -0.15) is 13.2 Å². The zero-order chi connectivity index (χ0) is 23.6. The average molecular weight is 455 g/mol. The number of aromatic nitrogens is 1. The van der Waals surface area contributed by atoms with Crippen LogP contribution in [0.1, 0.15) is 16.7 Å². The number of H-pyrrole nitrogens is 1. The average Bonchev–Trinajstić information content (AvgIpc) is 3.15. The molecule has 0 bridgehead atoms. The Morgan fingerprint density at radius 1 is 1.00 bits per heavy atom. The first-order chi connectivity index (χ1) is 15.8. The van der Waals surface area contributed by atoms with Crippen molar-refractivity contribution in [2.45, 2.75) is 19.2 Å². The Bertz CT molecular complexity index is 1300. The van der Waals surface area contributed by atoms with Gasteiger partial charge in [-0.25, -0.2) is 0 Å². The van der Waals surface area contributed by atoms with Gasteiger partial charge < -0.3 is 19.6 Å². The van der Waals surface area contributed by atoms with Crippen molar-refractivity contribution in [1.29, 1.82) is 0 Å². The number of halogens is 3. The van der Waals surface area contributed by atoms with Crippen molar-refractivity contribution in [3.63, 3.8) is 0 Å². The van der Waals surface area contributed by atoms with E-state index in [0.717, 1.165) is 11.6 Å². The van der Waals surface area contributed by atoms with Gasteiger partial charge >= 0.3 is 12.1 Å². The first-order valence-corrected chi connectivity index (χ1v) is 10.1. The number of para-hydroxylation sites is 1. The Balaban J connectivity index is 1.78. The van der Waals surface area contributed by atoms with Crippen LogP contribution in [0.3, 0.4) is 0 Å². The van der Waals surface area contributed by atoms with Gasteiger partial charge in [0.15, 0.2) is 11.5 Å². The molecule has 2 N–H and O–H groups in total. The molecule has 0 aliphatic heterocycles. The van der Waals surface area contributed by atoms with Crippen LogP contribution < -0.4 is 9.47 Å². The number of carbonyl (C=O) groups is 1. The lowest BCUT2D eigenvalue weighted by Gasteiger charge is -2.13. The summed E-state index contributed by atoms with van der Waals surface area (Å²) in [6.07, 6.45) is -5.03. The molecule has 4 rings (SSSR count). The molecule has 5 nitrogen and oxygen atoms in total. The normalized spacial score (nSPS) is 11.5. The Labute approximate surface area is 187 Å². The van der Waals surface area contributed by atoms with Crippen molar-refractivity contribution in [2.24, 2.45) is 0 Å². The number of ether oxygens (including phenoxy) is 2. The number of methoxy groups -OCH3 is 1. The minimum absolute atomic E-state index is 0.153. The second-order valence-corrected chi connectivity index (χ2v) is 7.41. The summed E-state index contributed by atoms with van der Waals surface area (Å²) in [6.45, 7) is 0.308. The van der Waals surface area contributed by atoms with Gasteiger partial charge in [0.1, 0.15) is 6.61 Å². The molecule has 0 spiro atoms. The van der Waals surface area contributed by atoms with Gasteiger partial charge in [-0.3, -0.25) is 4.79 Å². The molecule has 0 aliphatic carbocycles. The predicted octanol–water partition coefficient (Wildman–Crippen LogP) is 6.07. The third kappa shape index (κ3) is 4.64. The summed E-state index contributed by atoms with van der Waals surface area (Å²) in [5.74, 6) is -0.319. The van der Waals surface area contributed by atoms with Crippen molar-refractivity contribution in [1.82, 2.24) is 4.98 Å². The molecule has 0 saturated heterocycles. The maximum atomic E-state index is 13.5. The van der Waals surface area contributed by atoms with E-state index in [4.69, 9.17) is 9.47 Å². The third-order valence-electron chi connectivity index (χ3n) is 5.26. The number of hydrogen-bond donors (Lipinski definition) is 2. The molecule has 170 valence electrons. The second kappa shape index (κ2) is 8.90. The molecule has 1 aromatic heterocycles. The molecule has 0 atom stereocenters. The van der Waals surface area contributed by atoms with Crippen molar-refractivity contribution < 1.29 is 32.5 Å². The highest BCUT2D eigenvalue weighted by atomic mass is 19.4. The van der Waals surface area contributed by atoms with E-state index < -0.39 is 24.1 Å². The summed E-state index contributed by atoms with van der Waals surface area (Å²) in [5, 5.41) is 9.60. The van der Waals surface area contributed by atoms with Crippen LogP contribution in [0.5, 0.6) is 11.5 Å². The van der Waals surface area contributed by atoms with E-state index in [0.29, 0.717) is 23.7 Å². The molecule has 1 heterocycles. The van der Waals surface area contributed by atoms with Gasteiger partial charge in [0, 0.05) is 10.9 Å². The van der Waals surface area contributed by atoms with Crippen molar-refractivity contribution in [3.05, 3.63) is 83.4 Å². The first kappa shape index (κ1) is 22.3. The minimum atomic E-state index is -4.59. The molecule has 0 unspecified atom stereocenters. The number of aliphatic carboxylic acids is 1. The summed E-state index contributed by atoms with van der Waals surface area (Å²) < 4.78 is 51.9. The Morgan fingerprint density at radius 2 is 1.76 bits per heavy atom. The minimum Gasteiger partial charge on any atom is -0.493 e. The van der Waals surface area contributed by atoms with E-state index in [2.05, 4.69) is 4.98 Å². The molecule has 0 saturated carbocycles. The van der Waals surface area contributed by atoms with Crippen molar-refractivity contribution in [3.8, 4) is 22.8 Å². The smallest absolute Gasteiger partial charge is 0.418 e. The summed E-state index contributed by atoms with van der Waals surface area (Å²) in [7, 11) is 1.46. The fourth-order valence-electron chi connectivity index (χ4n) is 3.77. The Hall–Kier alpha value is -3.94. The van der Waals surface area contributed by atoms with E-state index in [1.54, 1.807) is 18.2 Å². The number of rotatable bonds is 7. The molecule has 0 aliphatic rings. The zero-order valence-corrected chi connectivity index (χ0v) is 17.6. The monoisotopic (exact) mass is 455 g/mol. The molecule has 3 aromatic carbocycles. The fourth-order valence-corrected chi connectivity index (χ4v) is 3.77. The highest BCUT2D eigenvalue weighted by Gasteiger charge is 2.34. The number of nitrogens with one attached hydrogen (secondary N) is 1. The Morgan fingerprint density at radius 3 is 2.42 bits per heavy atom. The standard InChI is InChI=1S/C25H20F3NO4/c1-32-21-12-16(10-11-20(21)33-14-15-6-3-2-4-7-15)23-18(13-22(30)31)17-8-5-9-19(24(17)29-23)25(26,27)28/h2-12,29H,13-14H2,1H3,(H,30,31). The number of carboxylic acids is 1. The summed E-state index contributed by atoms with van der Waals surface area (Å²) in [5.41, 5.74) is 0.995. The van der Waals surface area contributed by atoms with Crippen LogP contribution in [0, 0.1) is 0 Å². The quantitative estimate of drug-likeness (QED) is 0.355. The molecule has 8 heteroatoms. The van der Waals surface area contributed by atoms with E-state index in [9.17, 15) is 23.1 Å². The number of benzene rings is 3. The summed E-state index contributed by atoms with van der Waals surface area (Å²) >= 11 is 0.